The van der Waals surface area contributed by atoms with E-state index in [4.69, 9.17) is 0 Å². The third kappa shape index (κ3) is 3.10. The Bertz CT molecular complexity index is 624. The number of benzene rings is 1. The summed E-state index contributed by atoms with van der Waals surface area (Å²) in [6.45, 7) is 0.396. The first-order chi connectivity index (χ1) is 9.58. The van der Waals surface area contributed by atoms with Gasteiger partial charge in [0.15, 0.2) is 5.69 Å². The third-order valence-electron chi connectivity index (χ3n) is 2.64. The normalized spacial score (nSPS) is 10.2. The van der Waals surface area contributed by atoms with E-state index in [2.05, 4.69) is 10.3 Å². The van der Waals surface area contributed by atoms with Crippen molar-refractivity contribution >= 4 is 17.3 Å². The maximum absolute atomic E-state index is 11.8. The van der Waals surface area contributed by atoms with Crippen LogP contribution in [-0.4, -0.2) is 25.5 Å². The van der Waals surface area contributed by atoms with Crippen molar-refractivity contribution in [2.45, 2.75) is 13.0 Å². The Kier molecular flexibility index (Phi) is 3.94. The first-order valence-electron chi connectivity index (χ1n) is 5.80. The third-order valence-corrected chi connectivity index (χ3v) is 2.64. The van der Waals surface area contributed by atoms with Gasteiger partial charge in [-0.15, -0.1) is 0 Å². The number of imidazole rings is 1. The zero-order valence-corrected chi connectivity index (χ0v) is 10.4. The molecule has 2 rings (SSSR count). The molecule has 1 amide bonds. The van der Waals surface area contributed by atoms with Gasteiger partial charge in [0.25, 0.3) is 5.69 Å². The predicted molar refractivity (Wildman–Crippen MR) is 70.2 cm³/mol. The highest BCUT2D eigenvalue weighted by Gasteiger charge is 2.19. The molecule has 0 saturated heterocycles. The molecule has 0 bridgehead atoms. The quantitative estimate of drug-likeness (QED) is 0.488. The van der Waals surface area contributed by atoms with Crippen LogP contribution in [0.15, 0.2) is 36.9 Å². The molecule has 20 heavy (non-hydrogen) atoms. The molecule has 8 heteroatoms. The van der Waals surface area contributed by atoms with Gasteiger partial charge in [-0.1, -0.05) is 6.07 Å². The molecule has 0 aliphatic rings. The first kappa shape index (κ1) is 13.5. The highest BCUT2D eigenvalue weighted by Crippen LogP contribution is 2.33. The summed E-state index contributed by atoms with van der Waals surface area (Å²) < 4.78 is 1.71. The highest BCUT2D eigenvalue weighted by molar-refractivity contribution is 5.94. The molecule has 1 heterocycles. The van der Waals surface area contributed by atoms with Crippen LogP contribution in [0.1, 0.15) is 6.42 Å². The Morgan fingerprint density at radius 3 is 2.95 bits per heavy atom. The van der Waals surface area contributed by atoms with Crippen LogP contribution in [0.25, 0.3) is 0 Å². The largest absolute Gasteiger partial charge is 0.505 e. The van der Waals surface area contributed by atoms with Crippen molar-refractivity contribution in [3.8, 4) is 5.75 Å². The van der Waals surface area contributed by atoms with Crippen LogP contribution < -0.4 is 5.32 Å². The Morgan fingerprint density at radius 2 is 2.30 bits per heavy atom. The predicted octanol–water partition coefficient (Wildman–Crippen LogP) is 1.53. The standard InChI is InChI=1S/C12H12N4O4/c17-10-3-1-2-9(16(19)20)12(10)14-11(18)4-6-15-7-5-13-8-15/h1-3,5,7-8,17H,4,6H2,(H,14,18). The number of hydrogen-bond acceptors (Lipinski definition) is 5. The van der Waals surface area contributed by atoms with E-state index in [-0.39, 0.29) is 23.5 Å². The smallest absolute Gasteiger partial charge is 0.296 e. The lowest BCUT2D eigenvalue weighted by molar-refractivity contribution is -0.384. The number of nitrogens with zero attached hydrogens (tertiary/aromatic N) is 3. The lowest BCUT2D eigenvalue weighted by Crippen LogP contribution is -2.15. The van der Waals surface area contributed by atoms with E-state index in [9.17, 15) is 20.0 Å². The van der Waals surface area contributed by atoms with Crippen LogP contribution in [0.5, 0.6) is 5.75 Å². The number of aromatic nitrogens is 2. The number of hydrogen-bond donors (Lipinski definition) is 2. The fraction of sp³-hybridized carbons (Fsp3) is 0.167. The monoisotopic (exact) mass is 276 g/mol. The minimum absolute atomic E-state index is 0.113. The van der Waals surface area contributed by atoms with Crippen LogP contribution in [0, 0.1) is 10.1 Å². The second kappa shape index (κ2) is 5.83. The van der Waals surface area contributed by atoms with Gasteiger partial charge in [-0.3, -0.25) is 14.9 Å². The van der Waals surface area contributed by atoms with Gasteiger partial charge in [0.1, 0.15) is 5.75 Å². The van der Waals surface area contributed by atoms with E-state index < -0.39 is 10.8 Å². The van der Waals surface area contributed by atoms with Crippen molar-refractivity contribution in [1.29, 1.82) is 0 Å². The number of carbonyl (C=O) groups is 1. The Morgan fingerprint density at radius 1 is 1.50 bits per heavy atom. The van der Waals surface area contributed by atoms with Gasteiger partial charge in [0, 0.05) is 31.4 Å². The molecular weight excluding hydrogens is 264 g/mol. The van der Waals surface area contributed by atoms with Crippen LogP contribution in [0.3, 0.4) is 0 Å². The number of nitrogens with one attached hydrogen (secondary N) is 1. The van der Waals surface area contributed by atoms with Gasteiger partial charge in [0.2, 0.25) is 5.91 Å². The molecule has 2 N–H and O–H groups in total. The number of para-hydroxylation sites is 1. The Balaban J connectivity index is 2.06. The minimum atomic E-state index is -0.662. The lowest BCUT2D eigenvalue weighted by atomic mass is 10.2. The van der Waals surface area contributed by atoms with Crippen molar-refractivity contribution in [1.82, 2.24) is 9.55 Å². The Hall–Kier alpha value is -2.90. The number of nitro groups is 1. The fourth-order valence-electron chi connectivity index (χ4n) is 1.66. The van der Waals surface area contributed by atoms with Crippen LogP contribution in [-0.2, 0) is 11.3 Å². The fourth-order valence-corrected chi connectivity index (χ4v) is 1.66. The molecular formula is C12H12N4O4. The summed E-state index contributed by atoms with van der Waals surface area (Å²) in [7, 11) is 0. The van der Waals surface area contributed by atoms with Gasteiger partial charge >= 0.3 is 0 Å². The van der Waals surface area contributed by atoms with E-state index >= 15 is 0 Å². The molecule has 1 aromatic carbocycles. The van der Waals surface area contributed by atoms with E-state index in [1.807, 2.05) is 0 Å². The molecule has 0 fully saturated rings. The number of phenols is 1. The average molecular weight is 276 g/mol. The van der Waals surface area contributed by atoms with Crippen molar-refractivity contribution in [2.75, 3.05) is 5.32 Å². The van der Waals surface area contributed by atoms with Gasteiger partial charge in [-0.25, -0.2) is 4.98 Å². The topological polar surface area (TPSA) is 110 Å². The number of anilines is 1. The summed E-state index contributed by atoms with van der Waals surface area (Å²) in [5.41, 5.74) is -0.533. The molecule has 104 valence electrons. The van der Waals surface area contributed by atoms with Crippen molar-refractivity contribution in [3.63, 3.8) is 0 Å². The second-order valence-corrected chi connectivity index (χ2v) is 4.03. The summed E-state index contributed by atoms with van der Waals surface area (Å²) in [6, 6.07) is 3.83. The van der Waals surface area contributed by atoms with E-state index in [1.54, 1.807) is 23.3 Å². The minimum Gasteiger partial charge on any atom is -0.505 e. The summed E-state index contributed by atoms with van der Waals surface area (Å²) in [4.78, 5) is 25.8. The maximum atomic E-state index is 11.8. The van der Waals surface area contributed by atoms with Crippen LogP contribution in [0.4, 0.5) is 11.4 Å². The van der Waals surface area contributed by atoms with Gasteiger partial charge in [-0.05, 0) is 6.07 Å². The van der Waals surface area contributed by atoms with Crippen LogP contribution >= 0.6 is 0 Å². The van der Waals surface area contributed by atoms with Crippen molar-refractivity contribution < 1.29 is 14.8 Å². The number of aryl methyl sites for hydroxylation is 1. The van der Waals surface area contributed by atoms with E-state index in [0.717, 1.165) is 0 Å². The molecule has 0 spiro atoms. The lowest BCUT2D eigenvalue weighted by Gasteiger charge is -2.08. The van der Waals surface area contributed by atoms with Gasteiger partial charge in [-0.2, -0.15) is 0 Å². The molecule has 0 aliphatic carbocycles. The molecule has 0 saturated carbocycles. The number of aromatic hydroxyl groups is 1. The first-order valence-corrected chi connectivity index (χ1v) is 5.80. The summed E-state index contributed by atoms with van der Waals surface area (Å²) in [5.74, 6) is -0.765. The molecule has 0 aliphatic heterocycles. The van der Waals surface area contributed by atoms with Crippen LogP contribution in [0.2, 0.25) is 0 Å². The summed E-state index contributed by atoms with van der Waals surface area (Å²) in [6.07, 6.45) is 4.97. The van der Waals surface area contributed by atoms with Crippen molar-refractivity contribution in [2.24, 2.45) is 0 Å². The number of nitro benzene ring substituents is 1. The van der Waals surface area contributed by atoms with E-state index in [0.29, 0.717) is 6.54 Å². The molecule has 8 nitrogen and oxygen atoms in total. The number of amides is 1. The number of carbonyl (C=O) groups excluding carboxylic acids is 1. The van der Waals surface area contributed by atoms with Crippen molar-refractivity contribution in [3.05, 3.63) is 47.0 Å². The molecule has 0 unspecified atom stereocenters. The summed E-state index contributed by atoms with van der Waals surface area (Å²) >= 11 is 0. The zero-order chi connectivity index (χ0) is 14.5. The average Bonchev–Trinajstić information content (AvgIpc) is 2.91. The highest BCUT2D eigenvalue weighted by atomic mass is 16.6. The van der Waals surface area contributed by atoms with Gasteiger partial charge < -0.3 is 15.0 Å². The molecule has 1 aromatic heterocycles. The second-order valence-electron chi connectivity index (χ2n) is 4.03. The Labute approximate surface area is 113 Å². The maximum Gasteiger partial charge on any atom is 0.296 e. The van der Waals surface area contributed by atoms with E-state index in [1.165, 1.54) is 18.2 Å². The molecule has 2 aromatic rings. The molecule has 0 radical (unpaired) electrons. The van der Waals surface area contributed by atoms with Gasteiger partial charge in [0.05, 0.1) is 11.3 Å². The number of rotatable bonds is 5. The zero-order valence-electron chi connectivity index (χ0n) is 10.4. The summed E-state index contributed by atoms with van der Waals surface area (Å²) in [5, 5.41) is 22.8. The SMILES string of the molecule is O=C(CCn1ccnc1)Nc1c(O)cccc1[N+](=O)[O-]. The number of phenolic OH excluding ortho intramolecular Hbond substituents is 1. The molecule has 0 atom stereocenters.